The summed E-state index contributed by atoms with van der Waals surface area (Å²) in [5, 5.41) is 21.5. The van der Waals surface area contributed by atoms with Crippen molar-refractivity contribution in [3.05, 3.63) is 24.3 Å². The largest absolute Gasteiger partial charge is 0.458 e. The summed E-state index contributed by atoms with van der Waals surface area (Å²) in [6.07, 6.45) is -3.75. The average Bonchev–Trinajstić information content (AvgIpc) is 3.13. The van der Waals surface area contributed by atoms with Crippen molar-refractivity contribution in [3.63, 3.8) is 0 Å². The quantitative estimate of drug-likeness (QED) is 0.417. The molecule has 0 aromatic carbocycles. The fourth-order valence-electron chi connectivity index (χ4n) is 5.56. The van der Waals surface area contributed by atoms with E-state index in [9.17, 15) is 19.8 Å². The Balaban J connectivity index is 1.77. The first kappa shape index (κ1) is 17.7. The van der Waals surface area contributed by atoms with E-state index < -0.39 is 59.4 Å². The molecule has 0 radical (unpaired) electrons. The number of rotatable bonds is 2. The van der Waals surface area contributed by atoms with Crippen LogP contribution in [0.4, 0.5) is 0 Å². The molecular weight excluding hydrogens is 340 g/mol. The lowest BCUT2D eigenvalue weighted by molar-refractivity contribution is -0.210. The van der Waals surface area contributed by atoms with Crippen molar-refractivity contribution in [1.82, 2.24) is 0 Å². The van der Waals surface area contributed by atoms with Gasteiger partial charge in [0, 0.05) is 22.5 Å². The Morgan fingerprint density at radius 2 is 2.00 bits per heavy atom. The molecule has 26 heavy (non-hydrogen) atoms. The first-order valence-electron chi connectivity index (χ1n) is 8.82. The Morgan fingerprint density at radius 1 is 1.35 bits per heavy atom. The van der Waals surface area contributed by atoms with Gasteiger partial charge in [-0.05, 0) is 20.3 Å². The lowest BCUT2D eigenvalue weighted by atomic mass is 9.51. The van der Waals surface area contributed by atoms with Gasteiger partial charge in [0.2, 0.25) is 0 Å². The Hall–Kier alpha value is -1.70. The van der Waals surface area contributed by atoms with Crippen LogP contribution in [0.5, 0.6) is 0 Å². The molecule has 4 fully saturated rings. The molecule has 2 saturated carbocycles. The van der Waals surface area contributed by atoms with E-state index in [-0.39, 0.29) is 23.5 Å². The van der Waals surface area contributed by atoms with Gasteiger partial charge < -0.3 is 24.4 Å². The first-order valence-corrected chi connectivity index (χ1v) is 8.82. The van der Waals surface area contributed by atoms with Gasteiger partial charge in [0.15, 0.2) is 0 Å². The highest BCUT2D eigenvalue weighted by Gasteiger charge is 2.78. The maximum Gasteiger partial charge on any atom is 0.334 e. The second-order valence-electron chi connectivity index (χ2n) is 8.50. The summed E-state index contributed by atoms with van der Waals surface area (Å²) in [6.45, 7) is 12.6. The highest BCUT2D eigenvalue weighted by molar-refractivity contribution is 5.91. The Morgan fingerprint density at radius 3 is 2.62 bits per heavy atom. The molecule has 2 saturated heterocycles. The second-order valence-corrected chi connectivity index (χ2v) is 8.50. The third-order valence-corrected chi connectivity index (χ3v) is 6.72. The second kappa shape index (κ2) is 5.18. The molecule has 0 spiro atoms. The van der Waals surface area contributed by atoms with E-state index in [0.29, 0.717) is 0 Å². The van der Waals surface area contributed by atoms with Crippen molar-refractivity contribution in [1.29, 1.82) is 0 Å². The van der Waals surface area contributed by atoms with E-state index in [0.717, 1.165) is 0 Å². The number of fused-ring (bicyclic) bond motifs is 5. The van der Waals surface area contributed by atoms with Gasteiger partial charge in [0.1, 0.15) is 30.0 Å². The minimum absolute atomic E-state index is 0.220. The predicted molar refractivity (Wildman–Crippen MR) is 88.7 cm³/mol. The van der Waals surface area contributed by atoms with E-state index >= 15 is 0 Å². The van der Waals surface area contributed by atoms with Crippen molar-refractivity contribution < 1.29 is 34.0 Å². The standard InChI is InChI=1S/C19H24O7/c1-7(2)16(22)25-14-11(21)15-19(5,26-15)13-12-10(8(3)17(23)24-12)9(20)6-18(13,14)4/h9-15,20-21H,1,3,6H2,2,4-5H3/t9-,10+,11-,12-,13+,14-,15+,18+,19-/m0/s1. The van der Waals surface area contributed by atoms with Crippen molar-refractivity contribution >= 4 is 11.9 Å². The average molecular weight is 364 g/mol. The molecular formula is C19H24O7. The molecule has 2 aliphatic carbocycles. The zero-order chi connectivity index (χ0) is 19.2. The molecule has 0 aromatic heterocycles. The first-order chi connectivity index (χ1) is 12.0. The van der Waals surface area contributed by atoms with Crippen LogP contribution in [0.3, 0.4) is 0 Å². The molecule has 0 aromatic rings. The van der Waals surface area contributed by atoms with Crippen LogP contribution in [0.25, 0.3) is 0 Å². The molecule has 9 atom stereocenters. The number of aliphatic hydroxyl groups is 2. The predicted octanol–water partition coefficient (Wildman–Crippen LogP) is 0.491. The van der Waals surface area contributed by atoms with Gasteiger partial charge >= 0.3 is 11.9 Å². The molecule has 4 rings (SSSR count). The molecule has 2 heterocycles. The van der Waals surface area contributed by atoms with Gasteiger partial charge in [0.25, 0.3) is 0 Å². The summed E-state index contributed by atoms with van der Waals surface area (Å²) >= 11 is 0. The van der Waals surface area contributed by atoms with Gasteiger partial charge in [-0.2, -0.15) is 0 Å². The third kappa shape index (κ3) is 2.05. The smallest absolute Gasteiger partial charge is 0.334 e. The molecule has 0 amide bonds. The number of hydrogen-bond acceptors (Lipinski definition) is 7. The van der Waals surface area contributed by atoms with Crippen LogP contribution in [-0.2, 0) is 23.8 Å². The van der Waals surface area contributed by atoms with Crippen LogP contribution in [0.1, 0.15) is 27.2 Å². The van der Waals surface area contributed by atoms with Crippen molar-refractivity contribution in [2.75, 3.05) is 0 Å². The zero-order valence-electron chi connectivity index (χ0n) is 15.1. The molecule has 0 unspecified atom stereocenters. The summed E-state index contributed by atoms with van der Waals surface area (Å²) in [5.74, 6) is -1.99. The van der Waals surface area contributed by atoms with Gasteiger partial charge in [-0.25, -0.2) is 9.59 Å². The fourth-order valence-corrected chi connectivity index (χ4v) is 5.56. The van der Waals surface area contributed by atoms with E-state index in [1.165, 1.54) is 6.92 Å². The van der Waals surface area contributed by atoms with Crippen LogP contribution in [-0.4, -0.2) is 58.3 Å². The summed E-state index contributed by atoms with van der Waals surface area (Å²) < 4.78 is 17.0. The third-order valence-electron chi connectivity index (χ3n) is 6.72. The van der Waals surface area contributed by atoms with Crippen LogP contribution in [0.2, 0.25) is 0 Å². The zero-order valence-corrected chi connectivity index (χ0v) is 15.1. The minimum Gasteiger partial charge on any atom is -0.458 e. The number of hydrogen-bond donors (Lipinski definition) is 2. The molecule has 7 heteroatoms. The monoisotopic (exact) mass is 364 g/mol. The van der Waals surface area contributed by atoms with E-state index in [4.69, 9.17) is 14.2 Å². The lowest BCUT2D eigenvalue weighted by Crippen LogP contribution is -2.66. The number of epoxide rings is 1. The SMILES string of the molecule is C=C(C)C(=O)O[C@H]1[C@H](O)[C@H]2O[C@@]2(C)[C@@H]2[C@H]3OC(=O)C(=C)[C@@H]3[C@@H](O)C[C@]21C. The van der Waals surface area contributed by atoms with E-state index in [1.54, 1.807) is 0 Å². The van der Waals surface area contributed by atoms with Crippen molar-refractivity contribution in [3.8, 4) is 0 Å². The minimum atomic E-state index is -1.03. The molecule has 7 nitrogen and oxygen atoms in total. The number of carbonyl (C=O) groups is 2. The van der Waals surface area contributed by atoms with Gasteiger partial charge in [-0.3, -0.25) is 0 Å². The summed E-state index contributed by atoms with van der Waals surface area (Å²) in [5.41, 5.74) is -1.07. The fraction of sp³-hybridized carbons (Fsp3) is 0.684. The van der Waals surface area contributed by atoms with Crippen molar-refractivity contribution in [2.45, 2.75) is 63.3 Å². The number of carbonyl (C=O) groups excluding carboxylic acids is 2. The number of aliphatic hydroxyl groups excluding tert-OH is 2. The van der Waals surface area contributed by atoms with Crippen LogP contribution in [0, 0.1) is 17.3 Å². The highest BCUT2D eigenvalue weighted by Crippen LogP contribution is 2.66. The Kier molecular flexibility index (Phi) is 3.53. The molecule has 0 bridgehead atoms. The molecule has 2 N–H and O–H groups in total. The van der Waals surface area contributed by atoms with E-state index in [2.05, 4.69) is 13.2 Å². The van der Waals surface area contributed by atoms with E-state index in [1.807, 2.05) is 13.8 Å². The van der Waals surface area contributed by atoms with Gasteiger partial charge in [-0.1, -0.05) is 20.1 Å². The number of esters is 2. The normalized spacial score (nSPS) is 51.7. The summed E-state index contributed by atoms with van der Waals surface area (Å²) in [7, 11) is 0. The highest BCUT2D eigenvalue weighted by atomic mass is 16.6. The van der Waals surface area contributed by atoms with Crippen LogP contribution in [0.15, 0.2) is 24.3 Å². The lowest BCUT2D eigenvalue weighted by Gasteiger charge is -2.55. The topological polar surface area (TPSA) is 106 Å². The van der Waals surface area contributed by atoms with Gasteiger partial charge in [-0.15, -0.1) is 0 Å². The Labute approximate surface area is 151 Å². The maximum absolute atomic E-state index is 12.2. The van der Waals surface area contributed by atoms with Crippen molar-refractivity contribution in [2.24, 2.45) is 17.3 Å². The van der Waals surface area contributed by atoms with Crippen LogP contribution < -0.4 is 0 Å². The summed E-state index contributed by atoms with van der Waals surface area (Å²) in [4.78, 5) is 24.2. The molecule has 142 valence electrons. The maximum atomic E-state index is 12.2. The summed E-state index contributed by atoms with van der Waals surface area (Å²) in [6, 6.07) is 0. The van der Waals surface area contributed by atoms with Gasteiger partial charge in [0.05, 0.1) is 12.0 Å². The molecule has 2 aliphatic heterocycles. The Bertz CT molecular complexity index is 729. The van der Waals surface area contributed by atoms with Crippen LogP contribution >= 0.6 is 0 Å². The number of ether oxygens (including phenoxy) is 3. The molecule has 4 aliphatic rings.